The molecular weight excluding hydrogens is 923 g/mol. The molecule has 1 aliphatic heterocycles. The van der Waals surface area contributed by atoms with Crippen molar-refractivity contribution in [3.8, 4) is 17.2 Å². The van der Waals surface area contributed by atoms with E-state index in [0.717, 1.165) is 42.4 Å². The maximum absolute atomic E-state index is 15.1. The van der Waals surface area contributed by atoms with Crippen LogP contribution in [0.1, 0.15) is 86.0 Å². The molecule has 7 rings (SSSR count). The molecule has 14 heteroatoms. The molecule has 0 radical (unpaired) electrons. The highest BCUT2D eigenvalue weighted by Gasteiger charge is 2.37. The van der Waals surface area contributed by atoms with Crippen molar-refractivity contribution >= 4 is 38.6 Å². The molecule has 0 atom stereocenters. The summed E-state index contributed by atoms with van der Waals surface area (Å²) in [6, 6.07) is 44.1. The molecular formula is C56H60N2O10P2. The van der Waals surface area contributed by atoms with Crippen LogP contribution >= 0.6 is 15.6 Å². The molecule has 0 aliphatic carbocycles. The van der Waals surface area contributed by atoms with Gasteiger partial charge in [0.1, 0.15) is 11.4 Å². The van der Waals surface area contributed by atoms with Crippen molar-refractivity contribution < 1.29 is 46.2 Å². The number of anilines is 3. The van der Waals surface area contributed by atoms with Crippen LogP contribution in [-0.4, -0.2) is 17.6 Å². The van der Waals surface area contributed by atoms with Gasteiger partial charge in [0.15, 0.2) is 11.5 Å². The van der Waals surface area contributed by atoms with Gasteiger partial charge in [-0.2, -0.15) is 0 Å². The number of hydrogen-bond acceptors (Lipinski definition) is 11. The van der Waals surface area contributed by atoms with Crippen LogP contribution in [0.3, 0.4) is 0 Å². The van der Waals surface area contributed by atoms with Crippen molar-refractivity contribution in [1.29, 1.82) is 0 Å². The molecule has 0 bridgehead atoms. The van der Waals surface area contributed by atoms with Gasteiger partial charge in [-0.3, -0.25) is 22.9 Å². The van der Waals surface area contributed by atoms with E-state index in [9.17, 15) is 14.2 Å². The molecule has 6 aromatic carbocycles. The molecule has 12 nitrogen and oxygen atoms in total. The third-order valence-corrected chi connectivity index (χ3v) is 13.8. The number of phenols is 1. The van der Waals surface area contributed by atoms with Crippen molar-refractivity contribution in [3.63, 3.8) is 0 Å². The number of carbonyl (C=O) groups is 1. The number of rotatable bonds is 24. The number of nitrogens with zero attached hydrogens (tertiary/aromatic N) is 1. The number of phosphoric acid groups is 2. The minimum atomic E-state index is -4.55. The first-order valence-corrected chi connectivity index (χ1v) is 26.1. The van der Waals surface area contributed by atoms with Gasteiger partial charge in [0.05, 0.1) is 43.4 Å². The maximum Gasteiger partial charge on any atom is 0.530 e. The van der Waals surface area contributed by atoms with Crippen LogP contribution in [0.15, 0.2) is 187 Å². The lowest BCUT2D eigenvalue weighted by Gasteiger charge is -2.25. The highest BCUT2D eigenvalue weighted by Crippen LogP contribution is 2.58. The van der Waals surface area contributed by atoms with Gasteiger partial charge < -0.3 is 24.4 Å². The number of phosphoric ester groups is 2. The largest absolute Gasteiger partial charge is 0.530 e. The second-order valence-corrected chi connectivity index (χ2v) is 20.3. The number of hydrogen-bond donors (Lipinski definition) is 2. The second kappa shape index (κ2) is 24.9. The smallest absolute Gasteiger partial charge is 0.508 e. The first-order valence-electron chi connectivity index (χ1n) is 23.2. The Morgan fingerprint density at radius 2 is 0.986 bits per heavy atom. The maximum atomic E-state index is 15.1. The average molecular weight is 983 g/mol. The van der Waals surface area contributed by atoms with Crippen LogP contribution in [0.5, 0.6) is 17.2 Å². The molecule has 1 aliphatic rings. The second-order valence-electron chi connectivity index (χ2n) is 17.1. The van der Waals surface area contributed by atoms with Crippen molar-refractivity contribution in [2.24, 2.45) is 0 Å². The predicted octanol–water partition coefficient (Wildman–Crippen LogP) is 15.4. The quantitative estimate of drug-likeness (QED) is 0.0340. The number of fused-ring (bicyclic) bond motifs is 2. The number of amides is 1. The third-order valence-electron chi connectivity index (χ3n) is 11.2. The van der Waals surface area contributed by atoms with Gasteiger partial charge in [-0.15, -0.1) is 0 Å². The Morgan fingerprint density at radius 3 is 1.46 bits per heavy atom. The molecule has 2 N–H and O–H groups in total. The fourth-order valence-electron chi connectivity index (χ4n) is 7.39. The number of carbonyl (C=O) groups excluding carboxylic acids is 1. The minimum absolute atomic E-state index is 0.0514. The first kappa shape index (κ1) is 51.4. The van der Waals surface area contributed by atoms with E-state index >= 15 is 4.79 Å². The van der Waals surface area contributed by atoms with Gasteiger partial charge >= 0.3 is 15.6 Å². The first-order chi connectivity index (χ1) is 33.8. The summed E-state index contributed by atoms with van der Waals surface area (Å²) < 4.78 is 66.4. The Bertz CT molecular complexity index is 2780. The Kier molecular flexibility index (Phi) is 18.3. The zero-order chi connectivity index (χ0) is 49.4. The summed E-state index contributed by atoms with van der Waals surface area (Å²) in [4.78, 5) is 16.5. The zero-order valence-corrected chi connectivity index (χ0v) is 41.8. The van der Waals surface area contributed by atoms with Crippen LogP contribution in [0.2, 0.25) is 0 Å². The number of allylic oxidation sites excluding steroid dienone is 5. The monoisotopic (exact) mass is 982 g/mol. The van der Waals surface area contributed by atoms with Gasteiger partial charge in [0, 0.05) is 18.7 Å². The van der Waals surface area contributed by atoms with Gasteiger partial charge in [-0.1, -0.05) is 162 Å². The Hall–Kier alpha value is -6.49. The average Bonchev–Trinajstić information content (AvgIpc) is 3.48. The highest BCUT2D eigenvalue weighted by molar-refractivity contribution is 7.49. The summed E-state index contributed by atoms with van der Waals surface area (Å²) in [6.45, 7) is 7.93. The summed E-state index contributed by atoms with van der Waals surface area (Å²) in [7, 11) is -9.02. The van der Waals surface area contributed by atoms with E-state index in [1.54, 1.807) is 12.1 Å². The summed E-state index contributed by atoms with van der Waals surface area (Å²) in [5, 5.41) is 14.7. The van der Waals surface area contributed by atoms with Crippen molar-refractivity contribution in [1.82, 2.24) is 0 Å². The van der Waals surface area contributed by atoms with E-state index in [1.165, 1.54) is 34.2 Å². The summed E-state index contributed by atoms with van der Waals surface area (Å²) in [6.07, 6.45) is 9.98. The highest BCUT2D eigenvalue weighted by atomic mass is 31.2. The zero-order valence-electron chi connectivity index (χ0n) is 40.0. The van der Waals surface area contributed by atoms with Gasteiger partial charge in [-0.25, -0.2) is 9.13 Å². The van der Waals surface area contributed by atoms with Crippen molar-refractivity contribution in [2.45, 2.75) is 79.8 Å². The molecule has 70 heavy (non-hydrogen) atoms. The lowest BCUT2D eigenvalue weighted by atomic mass is 10.1. The van der Waals surface area contributed by atoms with E-state index in [1.807, 2.05) is 134 Å². The molecule has 1 amide bonds. The van der Waals surface area contributed by atoms with Gasteiger partial charge in [0.2, 0.25) is 0 Å². The lowest BCUT2D eigenvalue weighted by molar-refractivity contribution is 0.0990. The summed E-state index contributed by atoms with van der Waals surface area (Å²) in [5.74, 6) is -1.00. The standard InChI is InChI=1S/C56H60N2O10P2/c1-42(2)20-17-21-43(3)22-18-23-44(4)34-35-58-51-36-49(59)37-53(68-70(62,65-40-47-28-13-7-14-29-47)66-41-48-30-15-8-16-31-48)55(51)57-54-50(56(58)60)32-19-33-52(54)67-69(61,63-38-45-24-9-5-10-25-45)64-39-46-26-11-6-12-27-46/h5-16,19-20,22,24-34,36-37,57,59H,17-18,21,23,35,38-41H2,1-4H3. The molecule has 0 spiro atoms. The molecule has 6 aromatic rings. The molecule has 0 saturated heterocycles. The van der Waals surface area contributed by atoms with E-state index < -0.39 is 21.6 Å². The van der Waals surface area contributed by atoms with Crippen LogP contribution in [0, 0.1) is 0 Å². The van der Waals surface area contributed by atoms with E-state index in [2.05, 4.69) is 38.2 Å². The number of para-hydroxylation sites is 1. The molecule has 0 aromatic heterocycles. The number of nitrogens with one attached hydrogen (secondary N) is 1. The fourth-order valence-corrected chi connectivity index (χ4v) is 9.76. The van der Waals surface area contributed by atoms with E-state index in [0.29, 0.717) is 11.1 Å². The van der Waals surface area contributed by atoms with Gasteiger partial charge in [-0.05, 0) is 87.8 Å². The number of benzene rings is 6. The number of phenolic OH excluding ortho intramolecular Hbond substituents is 1. The van der Waals surface area contributed by atoms with Gasteiger partial charge in [0.25, 0.3) is 5.91 Å². The third kappa shape index (κ3) is 15.0. The van der Waals surface area contributed by atoms with Crippen molar-refractivity contribution in [3.05, 3.63) is 214 Å². The fraction of sp³-hybridized carbons (Fsp3) is 0.232. The van der Waals surface area contributed by atoms with Crippen LogP contribution in [0.4, 0.5) is 17.1 Å². The molecule has 364 valence electrons. The Balaban J connectivity index is 1.27. The molecule has 0 fully saturated rings. The van der Waals surface area contributed by atoms with E-state index in [4.69, 9.17) is 27.1 Å². The Labute approximate surface area is 411 Å². The van der Waals surface area contributed by atoms with Crippen LogP contribution < -0.4 is 19.3 Å². The topological polar surface area (TPSA) is 142 Å². The van der Waals surface area contributed by atoms with E-state index in [-0.39, 0.29) is 72.8 Å². The minimum Gasteiger partial charge on any atom is -0.508 e. The number of aromatic hydroxyl groups is 1. The molecule has 0 unspecified atom stereocenters. The molecule has 1 heterocycles. The Morgan fingerprint density at radius 1 is 0.543 bits per heavy atom. The van der Waals surface area contributed by atoms with Crippen LogP contribution in [-0.2, 0) is 53.7 Å². The SMILES string of the molecule is CC(C)=CCCC(C)=CCCC(C)=CCN1C(=O)c2cccc(OP(=O)(OCc3ccccc3)OCc3ccccc3)c2Nc2c(OP(=O)(OCc3ccccc3)OCc3ccccc3)cc(O)cc21. The van der Waals surface area contributed by atoms with Crippen molar-refractivity contribution in [2.75, 3.05) is 16.8 Å². The van der Waals surface area contributed by atoms with Crippen LogP contribution in [0.25, 0.3) is 0 Å². The predicted molar refractivity (Wildman–Crippen MR) is 276 cm³/mol. The summed E-state index contributed by atoms with van der Waals surface area (Å²) >= 11 is 0. The molecule has 0 saturated carbocycles. The lowest BCUT2D eigenvalue weighted by Crippen LogP contribution is -2.30. The normalized spacial score (nSPS) is 12.9. The summed E-state index contributed by atoms with van der Waals surface area (Å²) in [5.41, 5.74) is 7.01.